The van der Waals surface area contributed by atoms with Crippen molar-refractivity contribution in [1.29, 1.82) is 0 Å². The van der Waals surface area contributed by atoms with E-state index in [2.05, 4.69) is 246 Å². The molecule has 1 atom stereocenters. The van der Waals surface area contributed by atoms with Gasteiger partial charge in [0, 0.05) is 43.9 Å². The molecule has 1 unspecified atom stereocenters. The first-order chi connectivity index (χ1) is 37.3. The monoisotopic (exact) mass is 987 g/mol. The number of benzene rings is 10. The molecule has 0 saturated heterocycles. The van der Waals surface area contributed by atoms with Crippen LogP contribution >= 0.6 is 0 Å². The molecule has 12 rings (SSSR count). The third kappa shape index (κ3) is 10.3. The molecule has 76 heavy (non-hydrogen) atoms. The van der Waals surface area contributed by atoms with Gasteiger partial charge < -0.3 is 9.40 Å². The number of aryl methyl sites for hydroxylation is 1. The number of hydrogen-bond acceptors (Lipinski definition) is 2. The minimum absolute atomic E-state index is 0.420. The Hall–Kier alpha value is -8.79. The van der Waals surface area contributed by atoms with Crippen molar-refractivity contribution in [2.75, 3.05) is 0 Å². The van der Waals surface area contributed by atoms with Gasteiger partial charge in [-0.2, -0.15) is 0 Å². The molecule has 0 radical (unpaired) electrons. The summed E-state index contributed by atoms with van der Waals surface area (Å²) in [6.45, 7) is 16.7. The number of para-hydroxylation sites is 2. The zero-order chi connectivity index (χ0) is 52.5. The molecular weight excluding hydrogens is 921 g/mol. The van der Waals surface area contributed by atoms with E-state index in [1.165, 1.54) is 104 Å². The summed E-state index contributed by atoms with van der Waals surface area (Å²) in [6.07, 6.45) is 14.7. The third-order valence-electron chi connectivity index (χ3n) is 14.8. The van der Waals surface area contributed by atoms with E-state index >= 15 is 0 Å². The summed E-state index contributed by atoms with van der Waals surface area (Å²) in [5.41, 5.74) is 18.8. The third-order valence-corrected chi connectivity index (χ3v) is 14.8. The van der Waals surface area contributed by atoms with Crippen molar-refractivity contribution in [3.63, 3.8) is 0 Å². The molecule has 3 nitrogen and oxygen atoms in total. The van der Waals surface area contributed by atoms with Crippen LogP contribution in [0.2, 0.25) is 0 Å². The van der Waals surface area contributed by atoms with Crippen LogP contribution in [0.1, 0.15) is 82.1 Å². The maximum atomic E-state index is 6.32. The number of allylic oxidation sites excluding steroid dienone is 6. The van der Waals surface area contributed by atoms with Gasteiger partial charge in [-0.25, -0.2) is 0 Å². The van der Waals surface area contributed by atoms with Gasteiger partial charge in [0.05, 0.1) is 5.70 Å². The second-order valence-corrected chi connectivity index (χ2v) is 19.7. The molecule has 0 saturated carbocycles. The highest BCUT2D eigenvalue weighted by atomic mass is 16.3. The first-order valence-corrected chi connectivity index (χ1v) is 26.9. The van der Waals surface area contributed by atoms with Crippen LogP contribution in [0, 0.1) is 6.92 Å². The first kappa shape index (κ1) is 50.7. The van der Waals surface area contributed by atoms with Crippen LogP contribution in [0.3, 0.4) is 0 Å². The predicted molar refractivity (Wildman–Crippen MR) is 331 cm³/mol. The van der Waals surface area contributed by atoms with E-state index in [0.29, 0.717) is 5.92 Å². The van der Waals surface area contributed by atoms with Crippen molar-refractivity contribution < 1.29 is 4.42 Å². The lowest BCUT2D eigenvalue weighted by Crippen LogP contribution is -2.01. The number of nitrogens with one attached hydrogen (secondary N) is 1. The molecule has 12 aromatic rings. The second kappa shape index (κ2) is 23.2. The summed E-state index contributed by atoms with van der Waals surface area (Å²) in [5, 5.41) is 10.1. The minimum Gasteiger partial charge on any atom is -0.456 e. The van der Waals surface area contributed by atoms with Gasteiger partial charge in [-0.15, -0.1) is 0 Å². The highest BCUT2D eigenvalue weighted by molar-refractivity contribution is 6.33. The smallest absolute Gasteiger partial charge is 0.136 e. The van der Waals surface area contributed by atoms with E-state index in [4.69, 9.17) is 9.41 Å². The van der Waals surface area contributed by atoms with Gasteiger partial charge >= 0.3 is 0 Å². The molecule has 0 amide bonds. The van der Waals surface area contributed by atoms with E-state index in [9.17, 15) is 0 Å². The Bertz CT molecular complexity index is 4070. The van der Waals surface area contributed by atoms with Crippen LogP contribution in [0.4, 0.5) is 0 Å². The van der Waals surface area contributed by atoms with Gasteiger partial charge in [0.15, 0.2) is 0 Å². The zero-order valence-electron chi connectivity index (χ0n) is 44.7. The molecule has 0 aliphatic heterocycles. The Morgan fingerprint density at radius 2 is 1.12 bits per heavy atom. The summed E-state index contributed by atoms with van der Waals surface area (Å²) in [6, 6.07) is 70.2. The average molecular weight is 987 g/mol. The normalized spacial score (nSPS) is 12.6. The van der Waals surface area contributed by atoms with E-state index in [1.54, 1.807) is 6.08 Å². The van der Waals surface area contributed by atoms with Crippen molar-refractivity contribution >= 4 is 76.7 Å². The van der Waals surface area contributed by atoms with Crippen LogP contribution in [0.15, 0.2) is 247 Å². The van der Waals surface area contributed by atoms with Crippen molar-refractivity contribution in [1.82, 2.24) is 4.98 Å². The van der Waals surface area contributed by atoms with E-state index < -0.39 is 0 Å². The number of aromatic nitrogens is 1. The van der Waals surface area contributed by atoms with Crippen molar-refractivity contribution in [3.8, 4) is 33.4 Å². The summed E-state index contributed by atoms with van der Waals surface area (Å²) < 4.78 is 6.32. The topological polar surface area (TPSA) is 41.3 Å². The van der Waals surface area contributed by atoms with Gasteiger partial charge in [-0.1, -0.05) is 216 Å². The fourth-order valence-corrected chi connectivity index (χ4v) is 10.7. The van der Waals surface area contributed by atoms with Gasteiger partial charge in [-0.3, -0.25) is 4.99 Å². The Morgan fingerprint density at radius 3 is 1.78 bits per heavy atom. The number of fused-ring (bicyclic) bond motifs is 6. The van der Waals surface area contributed by atoms with Crippen LogP contribution in [-0.2, 0) is 0 Å². The highest BCUT2D eigenvalue weighted by Crippen LogP contribution is 2.44. The molecule has 2 aromatic heterocycles. The summed E-state index contributed by atoms with van der Waals surface area (Å²) in [4.78, 5) is 8.63. The van der Waals surface area contributed by atoms with Gasteiger partial charge in [0.2, 0.25) is 0 Å². The van der Waals surface area contributed by atoms with Gasteiger partial charge in [0.1, 0.15) is 11.2 Å². The van der Waals surface area contributed by atoms with Crippen LogP contribution in [0.25, 0.3) is 104 Å². The number of furan rings is 1. The molecule has 0 fully saturated rings. The zero-order valence-corrected chi connectivity index (χ0v) is 44.7. The van der Waals surface area contributed by atoms with Crippen LogP contribution < -0.4 is 0 Å². The lowest BCUT2D eigenvalue weighted by Gasteiger charge is -2.20. The SMILES string of the molecule is C/C=C(\N=C(CCC)c1ccccc1)c1cccc(-c2ccc(C(C)CC)c(-c3cc(-c4ccc5c(c4)c4cccc6oc7cccc5c7c64)ccc3C)c2)c1.C=C/C=C\C=C/C.c1ccc2c(c1)[nH]c1ccccc12. The van der Waals surface area contributed by atoms with Crippen molar-refractivity contribution in [2.24, 2.45) is 4.99 Å². The average Bonchev–Trinajstić information content (AvgIpc) is 4.08. The Balaban J connectivity index is 0.000000272. The fraction of sp³-hybridized carbons (Fsp3) is 0.137. The lowest BCUT2D eigenvalue weighted by atomic mass is 9.85. The quantitative estimate of drug-likeness (QED) is 0.0740. The molecular formula is C73H66N2O. The highest BCUT2D eigenvalue weighted by Gasteiger charge is 2.19. The van der Waals surface area contributed by atoms with Gasteiger partial charge in [-0.05, 0) is 160 Å². The largest absolute Gasteiger partial charge is 0.456 e. The van der Waals surface area contributed by atoms with Crippen molar-refractivity contribution in [3.05, 3.63) is 259 Å². The summed E-state index contributed by atoms with van der Waals surface area (Å²) in [5.74, 6) is 0.420. The minimum atomic E-state index is 0.420. The summed E-state index contributed by atoms with van der Waals surface area (Å²) >= 11 is 0. The fourth-order valence-electron chi connectivity index (χ4n) is 10.7. The Kier molecular flexibility index (Phi) is 15.5. The Morgan fingerprint density at radius 1 is 0.539 bits per heavy atom. The van der Waals surface area contributed by atoms with E-state index in [1.807, 2.05) is 31.2 Å². The van der Waals surface area contributed by atoms with E-state index in [-0.39, 0.29) is 0 Å². The molecule has 1 N–H and O–H groups in total. The Labute approximate surface area is 448 Å². The number of aliphatic imine (C=N–C) groups is 1. The molecule has 374 valence electrons. The standard InChI is InChI=1S/C54H47NO.C12H9N.C7H10/c1-6-15-50(36-16-10-9-11-17-36)55-49(8-3)41-19-12-18-37(30-41)39-26-28-42(34(4)7-2)47(32-39)46-31-38(25-24-35(46)5)40-27-29-43-44-20-13-22-51-53(44)54-45(48(43)33-40)21-14-23-52(54)56-51;1-3-7-11-9(5-1)10-6-2-4-8-12(10)13-11;1-3-5-7-6-4-2/h8-14,16-34H,6-7,15H2,1-5H3;1-8,13H;3-7H,1H2,2H3/b49-8-,55-50?;;6-4-,7-5-. The first-order valence-electron chi connectivity index (χ1n) is 26.9. The lowest BCUT2D eigenvalue weighted by molar-refractivity contribution is 0.669. The van der Waals surface area contributed by atoms with Crippen LogP contribution in [0.5, 0.6) is 0 Å². The summed E-state index contributed by atoms with van der Waals surface area (Å²) in [7, 11) is 0. The molecule has 2 heterocycles. The second-order valence-electron chi connectivity index (χ2n) is 19.7. The van der Waals surface area contributed by atoms with Gasteiger partial charge in [0.25, 0.3) is 0 Å². The molecule has 0 spiro atoms. The van der Waals surface area contributed by atoms with Crippen molar-refractivity contribution in [2.45, 2.75) is 66.7 Å². The number of aromatic amines is 1. The number of hydrogen-bond donors (Lipinski definition) is 1. The molecule has 10 aromatic carbocycles. The molecule has 3 heteroatoms. The molecule has 0 aliphatic rings. The van der Waals surface area contributed by atoms with Crippen LogP contribution in [-0.4, -0.2) is 10.7 Å². The number of H-pyrrole nitrogens is 1. The maximum Gasteiger partial charge on any atom is 0.136 e. The predicted octanol–water partition coefficient (Wildman–Crippen LogP) is 21.4. The van der Waals surface area contributed by atoms with E-state index in [0.717, 1.165) is 47.4 Å². The molecule has 0 bridgehead atoms. The maximum absolute atomic E-state index is 6.32. The molecule has 0 aliphatic carbocycles. The number of nitrogens with zero attached hydrogens (tertiary/aromatic N) is 1. The number of rotatable bonds is 12.